The maximum atomic E-state index is 13.8. The molecule has 214 valence electrons. The first-order valence-corrected chi connectivity index (χ1v) is 15.3. The second kappa shape index (κ2) is 11.4. The molecule has 3 aliphatic rings. The molecule has 3 aliphatic heterocycles. The summed E-state index contributed by atoms with van der Waals surface area (Å²) in [6.45, 7) is 2.48. The van der Waals surface area contributed by atoms with E-state index >= 15 is 0 Å². The zero-order valence-corrected chi connectivity index (χ0v) is 23.9. The van der Waals surface area contributed by atoms with E-state index in [1.54, 1.807) is 0 Å². The smallest absolute Gasteiger partial charge is 0.255 e. The summed E-state index contributed by atoms with van der Waals surface area (Å²) in [5.74, 6) is -0.0324. The minimum absolute atomic E-state index is 0.0182. The van der Waals surface area contributed by atoms with Crippen LogP contribution in [0.5, 0.6) is 5.75 Å². The molecule has 0 bridgehead atoms. The highest BCUT2D eigenvalue weighted by atomic mass is 32.2. The Labute approximate surface area is 245 Å². The molecule has 6 rings (SSSR count). The van der Waals surface area contributed by atoms with E-state index in [1.807, 2.05) is 66.4 Å². The number of thioether (sulfide) groups is 2. The van der Waals surface area contributed by atoms with Gasteiger partial charge < -0.3 is 25.0 Å². The summed E-state index contributed by atoms with van der Waals surface area (Å²) in [7, 11) is 0. The number of carbonyl (C=O) groups is 3. The lowest BCUT2D eigenvalue weighted by Gasteiger charge is -2.56. The Balaban J connectivity index is 1.17. The third-order valence-electron chi connectivity index (χ3n) is 7.79. The van der Waals surface area contributed by atoms with Gasteiger partial charge in [0.1, 0.15) is 23.0 Å². The standard InChI is InChI=1S/C28H30N6O5S2/c1-28-24(26(38)34(28)20-11-12-39-21-10-6-5-9-18(20)21)33(16-41-28)25(37)23(36)19(13-17-7-3-2-4-8-17)31-22(35)14-40-27-29-15-30-32-27/h2-10,15,19-20,23-24,36H,11-14,16H2,1H3,(H,31,35)(H,29,30,32)/t19-,20-,23-,24+,28?/m0/s1. The maximum absolute atomic E-state index is 13.8. The summed E-state index contributed by atoms with van der Waals surface area (Å²) < 4.78 is 5.80. The number of H-pyrrole nitrogens is 1. The highest BCUT2D eigenvalue weighted by molar-refractivity contribution is 8.01. The Hall–Kier alpha value is -3.55. The molecule has 5 atom stereocenters. The summed E-state index contributed by atoms with van der Waals surface area (Å²) in [5.41, 5.74) is 1.82. The number of fused-ring (bicyclic) bond motifs is 2. The van der Waals surface area contributed by atoms with E-state index in [0.29, 0.717) is 18.2 Å². The van der Waals surface area contributed by atoms with Crippen molar-refractivity contribution in [2.24, 2.45) is 0 Å². The lowest BCUT2D eigenvalue weighted by molar-refractivity contribution is -0.172. The molecule has 0 radical (unpaired) electrons. The lowest BCUT2D eigenvalue weighted by atomic mass is 9.87. The molecule has 41 heavy (non-hydrogen) atoms. The lowest BCUT2D eigenvalue weighted by Crippen LogP contribution is -2.74. The number of benzene rings is 2. The van der Waals surface area contributed by atoms with E-state index in [-0.39, 0.29) is 35.9 Å². The molecule has 13 heteroatoms. The SMILES string of the molecule is CC12SCN(C(=O)[C@@H](O)[C@H](Cc3ccccc3)NC(=O)CSc3nc[nH]n3)[C@@H]1C(=O)N2[C@H]1CCOc2ccccc21. The van der Waals surface area contributed by atoms with Gasteiger partial charge in [0.2, 0.25) is 17.0 Å². The summed E-state index contributed by atoms with van der Waals surface area (Å²) >= 11 is 2.66. The van der Waals surface area contributed by atoms with Gasteiger partial charge in [0.05, 0.1) is 30.3 Å². The normalized spacial score (nSPS) is 24.5. The van der Waals surface area contributed by atoms with Crippen LogP contribution in [0.2, 0.25) is 0 Å². The number of amides is 3. The van der Waals surface area contributed by atoms with Crippen LogP contribution in [0, 0.1) is 0 Å². The first-order valence-electron chi connectivity index (χ1n) is 13.4. The zero-order chi connectivity index (χ0) is 28.6. The van der Waals surface area contributed by atoms with Crippen LogP contribution in [-0.4, -0.2) is 89.1 Å². The van der Waals surface area contributed by atoms with Crippen molar-refractivity contribution in [2.45, 2.75) is 54.0 Å². The quantitative estimate of drug-likeness (QED) is 0.251. The summed E-state index contributed by atoms with van der Waals surface area (Å²) in [6, 6.07) is 15.3. The van der Waals surface area contributed by atoms with E-state index in [9.17, 15) is 19.5 Å². The highest BCUT2D eigenvalue weighted by Gasteiger charge is 2.67. The highest BCUT2D eigenvalue weighted by Crippen LogP contribution is 2.55. The second-order valence-electron chi connectivity index (χ2n) is 10.3. The molecule has 0 spiro atoms. The number of nitrogens with zero attached hydrogens (tertiary/aromatic N) is 4. The fourth-order valence-electron chi connectivity index (χ4n) is 5.83. The van der Waals surface area contributed by atoms with Crippen LogP contribution in [0.4, 0.5) is 0 Å². The Morgan fingerprint density at radius 2 is 2.02 bits per heavy atom. The predicted octanol–water partition coefficient (Wildman–Crippen LogP) is 1.97. The molecule has 1 aromatic heterocycles. The molecule has 4 heterocycles. The number of carbonyl (C=O) groups excluding carboxylic acids is 3. The molecule has 3 aromatic rings. The number of para-hydroxylation sites is 1. The van der Waals surface area contributed by atoms with Gasteiger partial charge in [-0.15, -0.1) is 16.9 Å². The summed E-state index contributed by atoms with van der Waals surface area (Å²) in [4.78, 5) is 46.9. The van der Waals surface area contributed by atoms with Crippen molar-refractivity contribution in [2.75, 3.05) is 18.2 Å². The van der Waals surface area contributed by atoms with Crippen LogP contribution in [0.15, 0.2) is 66.1 Å². The first-order chi connectivity index (χ1) is 19.9. The minimum Gasteiger partial charge on any atom is -0.493 e. The number of rotatable bonds is 9. The molecule has 0 saturated carbocycles. The van der Waals surface area contributed by atoms with Crippen molar-refractivity contribution in [1.29, 1.82) is 0 Å². The number of aromatic nitrogens is 3. The van der Waals surface area contributed by atoms with Crippen molar-refractivity contribution < 1.29 is 24.2 Å². The van der Waals surface area contributed by atoms with Crippen molar-refractivity contribution in [3.8, 4) is 5.75 Å². The van der Waals surface area contributed by atoms with Gasteiger partial charge in [-0.05, 0) is 25.0 Å². The van der Waals surface area contributed by atoms with Gasteiger partial charge in [-0.2, -0.15) is 0 Å². The summed E-state index contributed by atoms with van der Waals surface area (Å²) in [5, 5.41) is 21.1. The monoisotopic (exact) mass is 594 g/mol. The van der Waals surface area contributed by atoms with Crippen LogP contribution in [0.1, 0.15) is 30.5 Å². The molecule has 1 unspecified atom stereocenters. The van der Waals surface area contributed by atoms with Gasteiger partial charge in [0.15, 0.2) is 6.10 Å². The van der Waals surface area contributed by atoms with Gasteiger partial charge in [0, 0.05) is 12.0 Å². The van der Waals surface area contributed by atoms with Gasteiger partial charge >= 0.3 is 0 Å². The molecule has 11 nitrogen and oxygen atoms in total. The Kier molecular flexibility index (Phi) is 7.66. The number of hydrogen-bond acceptors (Lipinski definition) is 9. The van der Waals surface area contributed by atoms with Crippen LogP contribution >= 0.6 is 23.5 Å². The number of nitrogens with one attached hydrogen (secondary N) is 2. The van der Waals surface area contributed by atoms with Crippen LogP contribution < -0.4 is 10.1 Å². The largest absolute Gasteiger partial charge is 0.493 e. The number of hydrogen-bond donors (Lipinski definition) is 3. The topological polar surface area (TPSA) is 141 Å². The molecule has 3 N–H and O–H groups in total. The fraction of sp³-hybridized carbons (Fsp3) is 0.393. The first kappa shape index (κ1) is 27.6. The number of ether oxygens (including phenoxy) is 1. The molecular weight excluding hydrogens is 564 g/mol. The van der Waals surface area contributed by atoms with E-state index in [4.69, 9.17) is 4.74 Å². The Bertz CT molecular complexity index is 1430. The van der Waals surface area contributed by atoms with Crippen molar-refractivity contribution >= 4 is 41.2 Å². The van der Waals surface area contributed by atoms with Crippen LogP contribution in [0.25, 0.3) is 0 Å². The molecule has 2 aromatic carbocycles. The third-order valence-corrected chi connectivity index (χ3v) is 10.1. The van der Waals surface area contributed by atoms with E-state index < -0.39 is 29.0 Å². The molecule has 3 amide bonds. The van der Waals surface area contributed by atoms with Crippen LogP contribution in [-0.2, 0) is 20.8 Å². The van der Waals surface area contributed by atoms with Crippen LogP contribution in [0.3, 0.4) is 0 Å². The van der Waals surface area contributed by atoms with E-state index in [0.717, 1.165) is 28.6 Å². The second-order valence-corrected chi connectivity index (χ2v) is 12.6. The van der Waals surface area contributed by atoms with Gasteiger partial charge in [-0.3, -0.25) is 19.5 Å². The number of β-lactam (4-membered cyclic amide) rings is 1. The molecule has 0 aliphatic carbocycles. The third kappa shape index (κ3) is 5.17. The average molecular weight is 595 g/mol. The Morgan fingerprint density at radius 3 is 2.80 bits per heavy atom. The maximum Gasteiger partial charge on any atom is 0.255 e. The predicted molar refractivity (Wildman–Crippen MR) is 153 cm³/mol. The number of aliphatic hydroxyl groups is 1. The molecule has 2 fully saturated rings. The average Bonchev–Trinajstić information content (AvgIpc) is 3.62. The van der Waals surface area contributed by atoms with Gasteiger partial charge in [0.25, 0.3) is 5.91 Å². The molecular formula is C28H30N6O5S2. The Morgan fingerprint density at radius 1 is 1.24 bits per heavy atom. The van der Waals surface area contributed by atoms with Gasteiger partial charge in [-0.1, -0.05) is 60.3 Å². The number of aliphatic hydroxyl groups excluding tert-OH is 1. The van der Waals surface area contributed by atoms with E-state index in [2.05, 4.69) is 20.5 Å². The van der Waals surface area contributed by atoms with Crippen molar-refractivity contribution in [1.82, 2.24) is 30.3 Å². The minimum atomic E-state index is -1.54. The van der Waals surface area contributed by atoms with Crippen molar-refractivity contribution in [3.63, 3.8) is 0 Å². The molecule has 2 saturated heterocycles. The fourth-order valence-corrected chi connectivity index (χ4v) is 7.84. The zero-order valence-electron chi connectivity index (χ0n) is 22.3. The number of aromatic amines is 1. The van der Waals surface area contributed by atoms with Gasteiger partial charge in [-0.25, -0.2) is 4.98 Å². The van der Waals surface area contributed by atoms with E-state index in [1.165, 1.54) is 23.0 Å². The number of likely N-dealkylation sites (tertiary alicyclic amines) is 1. The summed E-state index contributed by atoms with van der Waals surface area (Å²) in [6.07, 6.45) is 0.791. The van der Waals surface area contributed by atoms with Crippen molar-refractivity contribution in [3.05, 3.63) is 72.1 Å².